The van der Waals surface area contributed by atoms with Crippen molar-refractivity contribution in [3.8, 4) is 0 Å². The van der Waals surface area contributed by atoms with E-state index in [1.54, 1.807) is 24.3 Å². The third-order valence-corrected chi connectivity index (χ3v) is 4.29. The average molecular weight is 331 g/mol. The second kappa shape index (κ2) is 6.32. The van der Waals surface area contributed by atoms with Crippen LogP contribution in [0.4, 0.5) is 8.78 Å². The van der Waals surface area contributed by atoms with E-state index in [1.165, 1.54) is 6.92 Å². The molecule has 0 spiro atoms. The van der Waals surface area contributed by atoms with Crippen LogP contribution in [0.2, 0.25) is 5.02 Å². The maximum absolute atomic E-state index is 14.2. The van der Waals surface area contributed by atoms with E-state index in [-0.39, 0.29) is 18.8 Å². The quantitative estimate of drug-likeness (QED) is 0.769. The van der Waals surface area contributed by atoms with Crippen LogP contribution < -0.4 is 0 Å². The SMILES string of the molecule is CCOC(=O)C(F)(F)CC1(c2ccc(Cl)cc2)CCCC1=O. The fourth-order valence-electron chi connectivity index (χ4n) is 2.98. The summed E-state index contributed by atoms with van der Waals surface area (Å²) in [5, 5.41) is 0.460. The number of rotatable bonds is 5. The molecule has 1 aliphatic carbocycles. The lowest BCUT2D eigenvalue weighted by atomic mass is 9.73. The maximum atomic E-state index is 14.2. The Morgan fingerprint density at radius 2 is 2.00 bits per heavy atom. The van der Waals surface area contributed by atoms with Crippen molar-refractivity contribution < 1.29 is 23.1 Å². The molecule has 0 aliphatic heterocycles. The number of hydrogen-bond acceptors (Lipinski definition) is 3. The first-order valence-electron chi connectivity index (χ1n) is 7.16. The Morgan fingerprint density at radius 1 is 1.36 bits per heavy atom. The lowest BCUT2D eigenvalue weighted by Gasteiger charge is -2.31. The van der Waals surface area contributed by atoms with Gasteiger partial charge in [-0.1, -0.05) is 23.7 Å². The van der Waals surface area contributed by atoms with Gasteiger partial charge in [0, 0.05) is 17.9 Å². The first-order chi connectivity index (χ1) is 10.3. The molecule has 0 heterocycles. The molecule has 1 fully saturated rings. The molecule has 1 unspecified atom stereocenters. The number of halogens is 3. The Morgan fingerprint density at radius 3 is 2.50 bits per heavy atom. The van der Waals surface area contributed by atoms with Gasteiger partial charge in [-0.15, -0.1) is 0 Å². The van der Waals surface area contributed by atoms with Crippen molar-refractivity contribution in [1.29, 1.82) is 0 Å². The molecular weight excluding hydrogens is 314 g/mol. The van der Waals surface area contributed by atoms with Crippen LogP contribution in [0.25, 0.3) is 0 Å². The van der Waals surface area contributed by atoms with Gasteiger partial charge < -0.3 is 4.74 Å². The van der Waals surface area contributed by atoms with Crippen molar-refractivity contribution in [2.45, 2.75) is 43.9 Å². The molecular formula is C16H17ClF2O3. The highest BCUT2D eigenvalue weighted by molar-refractivity contribution is 6.30. The number of Topliss-reactive ketones (excluding diaryl/α,β-unsaturated/α-hetero) is 1. The Hall–Kier alpha value is -1.49. The third kappa shape index (κ3) is 3.14. The molecule has 0 amide bonds. The van der Waals surface area contributed by atoms with Crippen molar-refractivity contribution in [2.24, 2.45) is 0 Å². The molecule has 3 nitrogen and oxygen atoms in total. The highest BCUT2D eigenvalue weighted by Crippen LogP contribution is 2.46. The summed E-state index contributed by atoms with van der Waals surface area (Å²) in [6.45, 7) is 1.33. The molecule has 1 aromatic carbocycles. The van der Waals surface area contributed by atoms with E-state index in [4.69, 9.17) is 11.6 Å². The van der Waals surface area contributed by atoms with Crippen LogP contribution >= 0.6 is 11.6 Å². The molecule has 0 N–H and O–H groups in total. The number of carbonyl (C=O) groups excluding carboxylic acids is 2. The predicted molar refractivity (Wildman–Crippen MR) is 78.2 cm³/mol. The number of hydrogen-bond donors (Lipinski definition) is 0. The summed E-state index contributed by atoms with van der Waals surface area (Å²) in [5.74, 6) is -5.54. The van der Waals surface area contributed by atoms with Crippen molar-refractivity contribution >= 4 is 23.4 Å². The lowest BCUT2D eigenvalue weighted by molar-refractivity contribution is -0.174. The summed E-state index contributed by atoms with van der Waals surface area (Å²) in [6.07, 6.45) is 0.198. The van der Waals surface area contributed by atoms with Crippen molar-refractivity contribution in [2.75, 3.05) is 6.61 Å². The molecule has 0 bridgehead atoms. The van der Waals surface area contributed by atoms with Gasteiger partial charge in [-0.05, 0) is 37.5 Å². The smallest absolute Gasteiger partial charge is 0.377 e. The van der Waals surface area contributed by atoms with E-state index >= 15 is 0 Å². The largest absolute Gasteiger partial charge is 0.462 e. The van der Waals surface area contributed by atoms with Crippen LogP contribution in [0.5, 0.6) is 0 Å². The zero-order valence-corrected chi connectivity index (χ0v) is 13.0. The van der Waals surface area contributed by atoms with Crippen LogP contribution in [0.1, 0.15) is 38.2 Å². The second-order valence-electron chi connectivity index (χ2n) is 5.47. The number of carbonyl (C=O) groups is 2. The summed E-state index contributed by atoms with van der Waals surface area (Å²) in [7, 11) is 0. The molecule has 0 aromatic heterocycles. The molecule has 2 rings (SSSR count). The predicted octanol–water partition coefficient (Wildman–Crippen LogP) is 3.92. The zero-order chi connectivity index (χ0) is 16.4. The maximum Gasteiger partial charge on any atom is 0.377 e. The highest BCUT2D eigenvalue weighted by Gasteiger charge is 2.54. The van der Waals surface area contributed by atoms with Gasteiger partial charge in [0.1, 0.15) is 5.78 Å². The molecule has 1 aromatic rings. The Balaban J connectivity index is 2.37. The first-order valence-corrected chi connectivity index (χ1v) is 7.54. The van der Waals surface area contributed by atoms with E-state index in [0.29, 0.717) is 23.4 Å². The Labute approximate surface area is 132 Å². The van der Waals surface area contributed by atoms with E-state index in [9.17, 15) is 18.4 Å². The minimum atomic E-state index is -3.70. The standard InChI is InChI=1S/C16H17ClF2O3/c1-2-22-14(21)16(18,19)10-15(9-3-4-13(15)20)11-5-7-12(17)8-6-11/h5-8H,2-4,9-10H2,1H3. The molecule has 22 heavy (non-hydrogen) atoms. The normalized spacial score (nSPS) is 21.9. The van der Waals surface area contributed by atoms with Crippen LogP contribution in [0.3, 0.4) is 0 Å². The highest BCUT2D eigenvalue weighted by atomic mass is 35.5. The monoisotopic (exact) mass is 330 g/mol. The summed E-state index contributed by atoms with van der Waals surface area (Å²) in [4.78, 5) is 23.8. The van der Waals surface area contributed by atoms with Crippen LogP contribution in [0.15, 0.2) is 24.3 Å². The number of benzene rings is 1. The number of alkyl halides is 2. The van der Waals surface area contributed by atoms with Gasteiger partial charge in [0.15, 0.2) is 0 Å². The molecule has 120 valence electrons. The summed E-state index contributed by atoms with van der Waals surface area (Å²) in [6, 6.07) is 6.28. The molecule has 1 aliphatic rings. The number of esters is 1. The van der Waals surface area contributed by atoms with E-state index in [0.717, 1.165) is 0 Å². The van der Waals surface area contributed by atoms with Gasteiger partial charge >= 0.3 is 11.9 Å². The summed E-state index contributed by atoms with van der Waals surface area (Å²) >= 11 is 5.82. The van der Waals surface area contributed by atoms with Gasteiger partial charge in [0.05, 0.1) is 12.0 Å². The van der Waals surface area contributed by atoms with Crippen molar-refractivity contribution in [1.82, 2.24) is 0 Å². The minimum absolute atomic E-state index is 0.129. The van der Waals surface area contributed by atoms with Crippen molar-refractivity contribution in [3.05, 3.63) is 34.9 Å². The Bertz CT molecular complexity index is 571. The summed E-state index contributed by atoms with van der Waals surface area (Å²) < 4.78 is 32.8. The molecule has 1 saturated carbocycles. The van der Waals surface area contributed by atoms with Gasteiger partial charge in [-0.25, -0.2) is 4.79 Å². The fourth-order valence-corrected chi connectivity index (χ4v) is 3.11. The van der Waals surface area contributed by atoms with E-state index in [1.807, 2.05) is 0 Å². The van der Waals surface area contributed by atoms with Crippen LogP contribution in [0, 0.1) is 0 Å². The fraction of sp³-hybridized carbons (Fsp3) is 0.500. The third-order valence-electron chi connectivity index (χ3n) is 4.04. The van der Waals surface area contributed by atoms with E-state index in [2.05, 4.69) is 4.74 Å². The zero-order valence-electron chi connectivity index (χ0n) is 12.2. The van der Waals surface area contributed by atoms with E-state index < -0.39 is 23.7 Å². The molecule has 0 radical (unpaired) electrons. The van der Waals surface area contributed by atoms with Gasteiger partial charge in [-0.2, -0.15) is 8.78 Å². The van der Waals surface area contributed by atoms with Crippen LogP contribution in [-0.4, -0.2) is 24.3 Å². The molecule has 0 saturated heterocycles. The molecule has 1 atom stereocenters. The van der Waals surface area contributed by atoms with Crippen molar-refractivity contribution in [3.63, 3.8) is 0 Å². The average Bonchev–Trinajstić information content (AvgIpc) is 2.81. The number of ether oxygens (including phenoxy) is 1. The first kappa shape index (κ1) is 16.9. The topological polar surface area (TPSA) is 43.4 Å². The van der Waals surface area contributed by atoms with Crippen LogP contribution in [-0.2, 0) is 19.7 Å². The van der Waals surface area contributed by atoms with Gasteiger partial charge in [0.2, 0.25) is 0 Å². The van der Waals surface area contributed by atoms with Gasteiger partial charge in [0.25, 0.3) is 0 Å². The Kier molecular flexibility index (Phi) is 4.85. The lowest BCUT2D eigenvalue weighted by Crippen LogP contribution is -2.42. The second-order valence-corrected chi connectivity index (χ2v) is 5.90. The summed E-state index contributed by atoms with van der Waals surface area (Å²) in [5.41, 5.74) is -0.871. The molecule has 6 heteroatoms. The number of ketones is 1. The van der Waals surface area contributed by atoms with Gasteiger partial charge in [-0.3, -0.25) is 4.79 Å². The minimum Gasteiger partial charge on any atom is -0.462 e.